The van der Waals surface area contributed by atoms with Crippen LogP contribution in [0.3, 0.4) is 0 Å². The second-order valence-electron chi connectivity index (χ2n) is 4.11. The fourth-order valence-electron chi connectivity index (χ4n) is 1.95. The number of aromatic nitrogens is 2. The van der Waals surface area contributed by atoms with E-state index in [1.54, 1.807) is 6.20 Å². The lowest BCUT2D eigenvalue weighted by molar-refractivity contribution is 0.0466. The second-order valence-corrected chi connectivity index (χ2v) is 5.14. The van der Waals surface area contributed by atoms with Crippen LogP contribution in [0.25, 0.3) is 10.7 Å². The van der Waals surface area contributed by atoms with E-state index in [1.165, 1.54) is 24.6 Å². The van der Waals surface area contributed by atoms with Crippen LogP contribution in [-0.2, 0) is 14.2 Å². The Morgan fingerprint density at radius 1 is 1.50 bits per heavy atom. The minimum absolute atomic E-state index is 0.149. The van der Waals surface area contributed by atoms with E-state index in [0.717, 1.165) is 5.56 Å². The lowest BCUT2D eigenvalue weighted by Crippen LogP contribution is -2.03. The number of nitrogens with zero attached hydrogens (tertiary/aromatic N) is 2. The molecule has 0 aromatic carbocycles. The number of methoxy groups -OCH3 is 1. The Morgan fingerprint density at radius 3 is 3.15 bits per heavy atom. The van der Waals surface area contributed by atoms with E-state index in [0.29, 0.717) is 22.2 Å². The highest BCUT2D eigenvalue weighted by Gasteiger charge is 2.24. The topological polar surface area (TPSA) is 70.5 Å². The van der Waals surface area contributed by atoms with Gasteiger partial charge >= 0.3 is 5.97 Å². The number of ether oxygens (including phenoxy) is 3. The summed E-state index contributed by atoms with van der Waals surface area (Å²) in [6, 6.07) is 3.77. The lowest BCUT2D eigenvalue weighted by atomic mass is 10.1. The van der Waals surface area contributed by atoms with Crippen LogP contribution in [0.2, 0.25) is 0 Å². The van der Waals surface area contributed by atoms with Crippen LogP contribution in [0.1, 0.15) is 21.3 Å². The van der Waals surface area contributed by atoms with Crippen LogP contribution in [-0.4, -0.2) is 36.4 Å². The van der Waals surface area contributed by atoms with E-state index >= 15 is 0 Å². The molecule has 20 heavy (non-hydrogen) atoms. The number of carbonyl (C=O) groups excluding carboxylic acids is 1. The van der Waals surface area contributed by atoms with Crippen molar-refractivity contribution in [1.29, 1.82) is 0 Å². The lowest BCUT2D eigenvalue weighted by Gasteiger charge is -2.10. The largest absolute Gasteiger partial charge is 0.465 e. The van der Waals surface area contributed by atoms with Crippen LogP contribution in [0.15, 0.2) is 24.5 Å². The zero-order chi connectivity index (χ0) is 13.9. The van der Waals surface area contributed by atoms with Crippen molar-refractivity contribution in [2.24, 2.45) is 0 Å². The number of hydrogen-bond acceptors (Lipinski definition) is 7. The molecule has 1 saturated heterocycles. The molecule has 7 heteroatoms. The van der Waals surface area contributed by atoms with Crippen LogP contribution >= 0.6 is 11.3 Å². The van der Waals surface area contributed by atoms with Crippen molar-refractivity contribution >= 4 is 17.3 Å². The first-order valence-electron chi connectivity index (χ1n) is 5.98. The summed E-state index contributed by atoms with van der Waals surface area (Å²) in [5.74, 6) is -0.397. The fourth-order valence-corrected chi connectivity index (χ4v) is 2.80. The van der Waals surface area contributed by atoms with E-state index in [2.05, 4.69) is 14.7 Å². The summed E-state index contributed by atoms with van der Waals surface area (Å²) in [4.78, 5) is 20.5. The molecule has 1 unspecified atom stereocenters. The Morgan fingerprint density at radius 2 is 2.40 bits per heavy atom. The summed E-state index contributed by atoms with van der Waals surface area (Å²) in [7, 11) is 1.34. The molecule has 2 aromatic heterocycles. The molecular formula is C13H12N2O4S. The van der Waals surface area contributed by atoms with Crippen LogP contribution in [0.4, 0.5) is 0 Å². The monoisotopic (exact) mass is 292 g/mol. The van der Waals surface area contributed by atoms with Crippen molar-refractivity contribution in [3.05, 3.63) is 35.0 Å². The van der Waals surface area contributed by atoms with Crippen LogP contribution in [0.5, 0.6) is 0 Å². The Hall–Kier alpha value is -1.83. The number of thiazole rings is 1. The highest BCUT2D eigenvalue weighted by molar-refractivity contribution is 7.16. The third-order valence-electron chi connectivity index (χ3n) is 2.90. The van der Waals surface area contributed by atoms with Gasteiger partial charge in [-0.15, -0.1) is 11.3 Å². The van der Waals surface area contributed by atoms with Gasteiger partial charge in [-0.1, -0.05) is 6.07 Å². The van der Waals surface area contributed by atoms with Crippen molar-refractivity contribution in [3.63, 3.8) is 0 Å². The zero-order valence-electron chi connectivity index (χ0n) is 10.7. The third kappa shape index (κ3) is 2.43. The summed E-state index contributed by atoms with van der Waals surface area (Å²) in [5.41, 5.74) is 1.62. The molecule has 0 spiro atoms. The van der Waals surface area contributed by atoms with Crippen molar-refractivity contribution < 1.29 is 19.0 Å². The maximum absolute atomic E-state index is 11.5. The average Bonchev–Trinajstić information content (AvgIpc) is 3.17. The van der Waals surface area contributed by atoms with Gasteiger partial charge in [0, 0.05) is 11.8 Å². The van der Waals surface area contributed by atoms with Gasteiger partial charge in [-0.05, 0) is 6.07 Å². The molecular weight excluding hydrogens is 280 g/mol. The van der Waals surface area contributed by atoms with E-state index in [-0.39, 0.29) is 12.9 Å². The molecule has 1 fully saturated rings. The third-order valence-corrected chi connectivity index (χ3v) is 3.89. The van der Waals surface area contributed by atoms with Crippen molar-refractivity contribution in [2.75, 3.05) is 20.5 Å². The molecule has 104 valence electrons. The molecule has 3 rings (SSSR count). The highest BCUT2D eigenvalue weighted by Crippen LogP contribution is 2.32. The van der Waals surface area contributed by atoms with Gasteiger partial charge in [0.15, 0.2) is 0 Å². The van der Waals surface area contributed by atoms with Gasteiger partial charge in [-0.2, -0.15) is 0 Å². The summed E-state index contributed by atoms with van der Waals surface area (Å²) < 4.78 is 15.4. The van der Waals surface area contributed by atoms with Gasteiger partial charge in [0.1, 0.15) is 28.5 Å². The fraction of sp³-hybridized carbons (Fsp3) is 0.308. The molecule has 3 heterocycles. The van der Waals surface area contributed by atoms with Gasteiger partial charge in [-0.25, -0.2) is 9.78 Å². The van der Waals surface area contributed by atoms with Gasteiger partial charge in [-0.3, -0.25) is 4.98 Å². The Kier molecular flexibility index (Phi) is 3.72. The molecule has 1 atom stereocenters. The summed E-state index contributed by atoms with van der Waals surface area (Å²) in [5, 5.41) is 0.663. The number of carbonyl (C=O) groups is 1. The van der Waals surface area contributed by atoms with E-state index < -0.39 is 5.97 Å². The van der Waals surface area contributed by atoms with Crippen LogP contribution < -0.4 is 0 Å². The molecule has 6 nitrogen and oxygen atoms in total. The molecule has 1 aliphatic rings. The molecule has 0 saturated carbocycles. The maximum Gasteiger partial charge on any atom is 0.349 e. The first-order chi connectivity index (χ1) is 9.79. The predicted molar refractivity (Wildman–Crippen MR) is 71.3 cm³/mol. The molecule has 0 radical (unpaired) electrons. The van der Waals surface area contributed by atoms with E-state index in [1.807, 2.05) is 12.1 Å². The number of esters is 1. The summed E-state index contributed by atoms with van der Waals surface area (Å²) >= 11 is 1.25. The van der Waals surface area contributed by atoms with Crippen molar-refractivity contribution in [2.45, 2.75) is 6.10 Å². The van der Waals surface area contributed by atoms with Gasteiger partial charge < -0.3 is 14.2 Å². The van der Waals surface area contributed by atoms with Crippen LogP contribution in [0, 0.1) is 0 Å². The molecule has 0 bridgehead atoms. The Labute approximate surface area is 119 Å². The smallest absolute Gasteiger partial charge is 0.349 e. The molecule has 1 aliphatic heterocycles. The van der Waals surface area contributed by atoms with E-state index in [9.17, 15) is 4.79 Å². The van der Waals surface area contributed by atoms with Crippen molar-refractivity contribution in [1.82, 2.24) is 9.97 Å². The summed E-state index contributed by atoms with van der Waals surface area (Å²) in [6.07, 6.45) is 3.04. The first-order valence-corrected chi connectivity index (χ1v) is 6.80. The van der Waals surface area contributed by atoms with Gasteiger partial charge in [0.2, 0.25) is 0 Å². The van der Waals surface area contributed by atoms with Crippen molar-refractivity contribution in [3.8, 4) is 10.7 Å². The maximum atomic E-state index is 11.5. The minimum atomic E-state index is -0.397. The molecule has 0 N–H and O–H groups in total. The second kappa shape index (κ2) is 5.66. The highest BCUT2D eigenvalue weighted by atomic mass is 32.1. The minimum Gasteiger partial charge on any atom is -0.465 e. The zero-order valence-corrected chi connectivity index (χ0v) is 11.6. The Bertz CT molecular complexity index is 622. The molecule has 0 aliphatic carbocycles. The Balaban J connectivity index is 1.97. The summed E-state index contributed by atoms with van der Waals surface area (Å²) in [6.45, 7) is 0.776. The SMILES string of the molecule is COC(=O)c1cnc(-c2ncccc2C2COCO2)s1. The first kappa shape index (κ1) is 13.2. The number of rotatable bonds is 3. The predicted octanol–water partition coefficient (Wildman–Crippen LogP) is 2.04. The van der Waals surface area contributed by atoms with Gasteiger partial charge in [0.05, 0.1) is 19.9 Å². The molecule has 2 aromatic rings. The molecule has 0 amide bonds. The van der Waals surface area contributed by atoms with E-state index in [4.69, 9.17) is 9.47 Å². The quantitative estimate of drug-likeness (QED) is 0.806. The number of pyridine rings is 1. The normalized spacial score (nSPS) is 18.1. The standard InChI is InChI=1S/C13H12N2O4S/c1-17-13(16)10-5-15-12(20-10)11-8(3-2-4-14-11)9-6-18-7-19-9/h2-5,9H,6-7H2,1H3. The number of hydrogen-bond donors (Lipinski definition) is 0. The average molecular weight is 292 g/mol. The van der Waals surface area contributed by atoms with Gasteiger partial charge in [0.25, 0.3) is 0 Å².